The molecule has 0 radical (unpaired) electrons. The molecule has 1 heterocycles. The fourth-order valence-corrected chi connectivity index (χ4v) is 4.10. The zero-order valence-electron chi connectivity index (χ0n) is 19.4. The van der Waals surface area contributed by atoms with Crippen LogP contribution < -0.4 is 16.4 Å². The van der Waals surface area contributed by atoms with Gasteiger partial charge in [0.1, 0.15) is 5.82 Å². The van der Waals surface area contributed by atoms with Crippen molar-refractivity contribution in [3.63, 3.8) is 0 Å². The molecular weight excluding hydrogens is 427 g/mol. The summed E-state index contributed by atoms with van der Waals surface area (Å²) in [5, 5.41) is 7.51. The van der Waals surface area contributed by atoms with E-state index in [1.54, 1.807) is 12.1 Å². The van der Waals surface area contributed by atoms with E-state index in [-0.39, 0.29) is 11.7 Å². The average molecular weight is 459 g/mol. The summed E-state index contributed by atoms with van der Waals surface area (Å²) in [7, 11) is 0. The highest BCUT2D eigenvalue weighted by molar-refractivity contribution is 5.97. The first-order valence-electron chi connectivity index (χ1n) is 11.7. The third-order valence-electron chi connectivity index (χ3n) is 5.87. The second-order valence-electron chi connectivity index (χ2n) is 8.60. The molecule has 4 rings (SSSR count). The van der Waals surface area contributed by atoms with Crippen LogP contribution in [0.2, 0.25) is 0 Å². The topological polar surface area (TPSA) is 72.1 Å². The van der Waals surface area contributed by atoms with E-state index in [9.17, 15) is 9.18 Å². The van der Waals surface area contributed by atoms with Crippen molar-refractivity contribution in [1.29, 1.82) is 0 Å². The Morgan fingerprint density at radius 2 is 1.79 bits per heavy atom. The normalized spacial score (nSPS) is 12.1. The largest absolute Gasteiger partial charge is 0.343 e. The molecule has 34 heavy (non-hydrogen) atoms. The summed E-state index contributed by atoms with van der Waals surface area (Å²) in [4.78, 5) is 12.7. The zero-order chi connectivity index (χ0) is 23.9. The van der Waals surface area contributed by atoms with E-state index in [1.165, 1.54) is 12.1 Å². The quantitative estimate of drug-likeness (QED) is 0.298. The number of aromatic nitrogens is 1. The second-order valence-corrected chi connectivity index (χ2v) is 8.60. The van der Waals surface area contributed by atoms with E-state index < -0.39 is 6.04 Å². The van der Waals surface area contributed by atoms with Gasteiger partial charge in [-0.25, -0.2) is 4.39 Å². The number of rotatable bonds is 10. The summed E-state index contributed by atoms with van der Waals surface area (Å²) in [6.07, 6.45) is 3.66. The van der Waals surface area contributed by atoms with E-state index >= 15 is 0 Å². The molecule has 0 bridgehead atoms. The molecule has 0 fully saturated rings. The van der Waals surface area contributed by atoms with Crippen molar-refractivity contribution in [1.82, 2.24) is 9.88 Å². The first-order valence-corrected chi connectivity index (χ1v) is 11.7. The zero-order valence-corrected chi connectivity index (χ0v) is 19.4. The highest BCUT2D eigenvalue weighted by atomic mass is 19.1. The van der Waals surface area contributed by atoms with Crippen LogP contribution in [0, 0.1) is 5.82 Å². The number of fused-ring (bicyclic) bond motifs is 1. The molecule has 0 spiro atoms. The molecule has 4 N–H and O–H groups in total. The maximum Gasteiger partial charge on any atom is 0.241 e. The van der Waals surface area contributed by atoms with Crippen LogP contribution in [-0.2, 0) is 24.3 Å². The molecule has 4 aromatic rings. The van der Waals surface area contributed by atoms with Crippen LogP contribution >= 0.6 is 0 Å². The number of benzene rings is 3. The monoisotopic (exact) mass is 458 g/mol. The van der Waals surface area contributed by atoms with E-state index in [0.29, 0.717) is 13.0 Å². The van der Waals surface area contributed by atoms with Gasteiger partial charge in [0, 0.05) is 35.9 Å². The number of amides is 1. The predicted octanol–water partition coefficient (Wildman–Crippen LogP) is 4.84. The van der Waals surface area contributed by atoms with Crippen molar-refractivity contribution in [2.45, 2.75) is 38.9 Å². The van der Waals surface area contributed by atoms with E-state index in [1.807, 2.05) is 48.5 Å². The number of halogens is 1. The number of nitrogens with zero attached hydrogens (tertiary/aromatic N) is 1. The molecular formula is C28H31FN4O. The molecule has 1 atom stereocenters. The number of carbonyl (C=O) groups excluding carboxylic acids is 1. The summed E-state index contributed by atoms with van der Waals surface area (Å²) >= 11 is 0. The van der Waals surface area contributed by atoms with Crippen LogP contribution in [0.25, 0.3) is 10.9 Å². The van der Waals surface area contributed by atoms with Crippen molar-refractivity contribution < 1.29 is 9.18 Å². The number of hydrogen-bond donors (Lipinski definition) is 3. The van der Waals surface area contributed by atoms with Gasteiger partial charge in [-0.3, -0.25) is 4.79 Å². The molecule has 176 valence electrons. The maximum atomic E-state index is 13.3. The minimum absolute atomic E-state index is 0.209. The highest BCUT2D eigenvalue weighted by Crippen LogP contribution is 2.26. The average Bonchev–Trinajstić information content (AvgIpc) is 3.18. The highest BCUT2D eigenvalue weighted by Gasteiger charge is 2.16. The van der Waals surface area contributed by atoms with Gasteiger partial charge in [-0.1, -0.05) is 49.4 Å². The number of carbonyl (C=O) groups is 1. The van der Waals surface area contributed by atoms with Crippen molar-refractivity contribution in [3.8, 4) is 0 Å². The van der Waals surface area contributed by atoms with Crippen LogP contribution in [-0.4, -0.2) is 23.1 Å². The lowest BCUT2D eigenvalue weighted by Crippen LogP contribution is -2.37. The lowest BCUT2D eigenvalue weighted by molar-refractivity contribution is -0.117. The van der Waals surface area contributed by atoms with Gasteiger partial charge in [0.2, 0.25) is 5.91 Å². The molecule has 1 amide bonds. The smallest absolute Gasteiger partial charge is 0.241 e. The predicted molar refractivity (Wildman–Crippen MR) is 136 cm³/mol. The first kappa shape index (κ1) is 23.7. The van der Waals surface area contributed by atoms with E-state index in [4.69, 9.17) is 5.73 Å². The summed E-state index contributed by atoms with van der Waals surface area (Å²) in [6, 6.07) is 21.6. The van der Waals surface area contributed by atoms with Gasteiger partial charge in [0.05, 0.1) is 6.04 Å². The molecule has 1 aromatic heterocycles. The van der Waals surface area contributed by atoms with Gasteiger partial charge in [0.25, 0.3) is 0 Å². The van der Waals surface area contributed by atoms with Crippen LogP contribution in [0.15, 0.2) is 79.0 Å². The Labute approximate surface area is 199 Å². The van der Waals surface area contributed by atoms with Crippen LogP contribution in [0.5, 0.6) is 0 Å². The van der Waals surface area contributed by atoms with E-state index in [0.717, 1.165) is 52.8 Å². The molecule has 6 heteroatoms. The van der Waals surface area contributed by atoms with E-state index in [2.05, 4.69) is 28.3 Å². The molecule has 3 aromatic carbocycles. The lowest BCUT2D eigenvalue weighted by atomic mass is 10.1. The summed E-state index contributed by atoms with van der Waals surface area (Å²) in [6.45, 7) is 4.43. The Balaban J connectivity index is 1.55. The Kier molecular flexibility index (Phi) is 7.72. The van der Waals surface area contributed by atoms with Gasteiger partial charge < -0.3 is 20.9 Å². The van der Waals surface area contributed by atoms with Gasteiger partial charge in [0.15, 0.2) is 0 Å². The Morgan fingerprint density at radius 1 is 1.03 bits per heavy atom. The van der Waals surface area contributed by atoms with Crippen LogP contribution in [0.1, 0.15) is 30.0 Å². The number of hydrogen-bond acceptors (Lipinski definition) is 3. The molecule has 0 aliphatic heterocycles. The number of nitrogens with two attached hydrogens (primary N) is 1. The van der Waals surface area contributed by atoms with Gasteiger partial charge in [-0.2, -0.15) is 0 Å². The van der Waals surface area contributed by atoms with Crippen molar-refractivity contribution in [2.24, 2.45) is 5.73 Å². The fraction of sp³-hybridized carbons (Fsp3) is 0.250. The number of anilines is 1. The van der Waals surface area contributed by atoms with Crippen molar-refractivity contribution >= 4 is 22.5 Å². The fourth-order valence-electron chi connectivity index (χ4n) is 4.10. The molecule has 0 aliphatic carbocycles. The maximum absolute atomic E-state index is 13.3. The third-order valence-corrected chi connectivity index (χ3v) is 5.87. The van der Waals surface area contributed by atoms with Gasteiger partial charge in [-0.05, 0) is 66.4 Å². The second kappa shape index (κ2) is 11.1. The van der Waals surface area contributed by atoms with Gasteiger partial charge in [-0.15, -0.1) is 0 Å². The minimum Gasteiger partial charge on any atom is -0.343 e. The van der Waals surface area contributed by atoms with Crippen LogP contribution in [0.4, 0.5) is 10.1 Å². The standard InChI is InChI=1S/C28H31FN4O/c1-2-14-31-17-22-19-33(18-21-8-10-23(29)11-9-21)27-13-12-24(16-25(22)27)32-28(34)26(30)15-20-6-4-3-5-7-20/h3-13,16,19,26,31H,2,14-15,17-18,30H2,1H3,(H,32,34). The minimum atomic E-state index is -0.633. The summed E-state index contributed by atoms with van der Waals surface area (Å²) < 4.78 is 15.5. The lowest BCUT2D eigenvalue weighted by Gasteiger charge is -2.13. The molecule has 0 saturated carbocycles. The Hall–Kier alpha value is -3.48. The van der Waals surface area contributed by atoms with Gasteiger partial charge >= 0.3 is 0 Å². The first-order chi connectivity index (χ1) is 16.5. The van der Waals surface area contributed by atoms with Crippen molar-refractivity contribution in [3.05, 3.63) is 102 Å². The van der Waals surface area contributed by atoms with Crippen LogP contribution in [0.3, 0.4) is 0 Å². The molecule has 0 aliphatic rings. The number of nitrogens with one attached hydrogen (secondary N) is 2. The third kappa shape index (κ3) is 5.90. The Morgan fingerprint density at radius 3 is 2.53 bits per heavy atom. The molecule has 1 unspecified atom stereocenters. The SMILES string of the molecule is CCCNCc1cn(Cc2ccc(F)cc2)c2ccc(NC(=O)C(N)Cc3ccccc3)cc12. The molecule has 0 saturated heterocycles. The molecule has 5 nitrogen and oxygen atoms in total. The summed E-state index contributed by atoms with van der Waals surface area (Å²) in [5.74, 6) is -0.448. The Bertz CT molecular complexity index is 1230. The summed E-state index contributed by atoms with van der Waals surface area (Å²) in [5.41, 5.74) is 11.2. The van der Waals surface area contributed by atoms with Crippen molar-refractivity contribution in [2.75, 3.05) is 11.9 Å².